The highest BCUT2D eigenvalue weighted by Gasteiger charge is 1.88. The van der Waals surface area contributed by atoms with Crippen LogP contribution in [0.3, 0.4) is 0 Å². The smallest absolute Gasteiger partial charge is 0.184 e. The molecule has 0 aliphatic heterocycles. The zero-order valence-electron chi connectivity index (χ0n) is 7.06. The van der Waals surface area contributed by atoms with Crippen molar-refractivity contribution < 1.29 is 0 Å². The van der Waals surface area contributed by atoms with Crippen LogP contribution in [0.1, 0.15) is 11.4 Å². The van der Waals surface area contributed by atoms with E-state index in [9.17, 15) is 0 Å². The summed E-state index contributed by atoms with van der Waals surface area (Å²) in [6.07, 6.45) is 4.86. The van der Waals surface area contributed by atoms with Gasteiger partial charge < -0.3 is 5.73 Å². The second kappa shape index (κ2) is 4.46. The van der Waals surface area contributed by atoms with Crippen molar-refractivity contribution in [1.29, 1.82) is 0 Å². The van der Waals surface area contributed by atoms with Crippen LogP contribution >= 0.6 is 12.2 Å². The summed E-state index contributed by atoms with van der Waals surface area (Å²) in [6.45, 7) is 1.81. The van der Waals surface area contributed by atoms with Gasteiger partial charge in [-0.1, -0.05) is 0 Å². The molecule has 13 heavy (non-hydrogen) atoms. The normalized spacial score (nSPS) is 10.2. The Morgan fingerprint density at radius 3 is 2.77 bits per heavy atom. The van der Waals surface area contributed by atoms with Crippen molar-refractivity contribution in [2.24, 2.45) is 10.8 Å². The van der Waals surface area contributed by atoms with Gasteiger partial charge in [0.2, 0.25) is 0 Å². The summed E-state index contributed by atoms with van der Waals surface area (Å²) in [5.41, 5.74) is 8.37. The Bertz CT molecular complexity index is 318. The molecule has 0 amide bonds. The molecule has 0 unspecified atom stereocenters. The van der Waals surface area contributed by atoms with Gasteiger partial charge in [-0.2, -0.15) is 5.10 Å². The van der Waals surface area contributed by atoms with Crippen LogP contribution in [0.2, 0.25) is 0 Å². The molecule has 0 saturated heterocycles. The van der Waals surface area contributed by atoms with E-state index in [-0.39, 0.29) is 5.11 Å². The standard InChI is InChI=1S/C7H9N5S/c1-5-9-2-6(3-10-5)4-11-12-7(8)13/h2-4H,1H3,(H3,8,12,13)/b11-4+. The van der Waals surface area contributed by atoms with E-state index >= 15 is 0 Å². The highest BCUT2D eigenvalue weighted by molar-refractivity contribution is 7.80. The van der Waals surface area contributed by atoms with Crippen LogP contribution in [0.15, 0.2) is 17.5 Å². The fourth-order valence-corrected chi connectivity index (χ4v) is 0.692. The average molecular weight is 195 g/mol. The number of nitrogens with two attached hydrogens (primary N) is 1. The molecule has 0 aliphatic carbocycles. The van der Waals surface area contributed by atoms with Crippen LogP contribution < -0.4 is 11.2 Å². The molecular weight excluding hydrogens is 186 g/mol. The Kier molecular flexibility index (Phi) is 3.27. The van der Waals surface area contributed by atoms with Crippen molar-refractivity contribution in [2.75, 3.05) is 0 Å². The lowest BCUT2D eigenvalue weighted by atomic mass is 10.4. The second-order valence-corrected chi connectivity index (χ2v) is 2.74. The van der Waals surface area contributed by atoms with E-state index in [0.29, 0.717) is 0 Å². The largest absolute Gasteiger partial charge is 0.375 e. The van der Waals surface area contributed by atoms with Gasteiger partial charge in [-0.3, -0.25) is 5.43 Å². The van der Waals surface area contributed by atoms with Crippen molar-refractivity contribution in [2.45, 2.75) is 6.92 Å². The summed E-state index contributed by atoms with van der Waals surface area (Å²) in [7, 11) is 0. The third kappa shape index (κ3) is 3.57. The van der Waals surface area contributed by atoms with E-state index in [2.05, 4.69) is 32.7 Å². The number of hydrogen-bond donors (Lipinski definition) is 2. The fraction of sp³-hybridized carbons (Fsp3) is 0.143. The van der Waals surface area contributed by atoms with Gasteiger partial charge in [-0.05, 0) is 19.1 Å². The Morgan fingerprint density at radius 1 is 1.62 bits per heavy atom. The molecule has 0 aliphatic rings. The van der Waals surface area contributed by atoms with Gasteiger partial charge in [0, 0.05) is 18.0 Å². The van der Waals surface area contributed by atoms with Crippen LogP contribution in [-0.2, 0) is 0 Å². The molecule has 0 fully saturated rings. The molecule has 1 aromatic rings. The molecule has 0 saturated carbocycles. The van der Waals surface area contributed by atoms with E-state index in [0.717, 1.165) is 11.4 Å². The molecule has 1 rings (SSSR count). The van der Waals surface area contributed by atoms with E-state index in [1.54, 1.807) is 18.6 Å². The maximum absolute atomic E-state index is 5.16. The number of aryl methyl sites for hydroxylation is 1. The lowest BCUT2D eigenvalue weighted by Gasteiger charge is -1.94. The van der Waals surface area contributed by atoms with Crippen molar-refractivity contribution in [3.8, 4) is 0 Å². The average Bonchev–Trinajstić information content (AvgIpc) is 2.08. The van der Waals surface area contributed by atoms with Crippen LogP contribution in [0.25, 0.3) is 0 Å². The number of aromatic nitrogens is 2. The topological polar surface area (TPSA) is 76.2 Å². The molecule has 3 N–H and O–H groups in total. The third-order valence-corrected chi connectivity index (χ3v) is 1.28. The van der Waals surface area contributed by atoms with Crippen molar-refractivity contribution in [3.05, 3.63) is 23.8 Å². The van der Waals surface area contributed by atoms with E-state index in [1.807, 2.05) is 6.92 Å². The van der Waals surface area contributed by atoms with Crippen LogP contribution in [-0.4, -0.2) is 21.3 Å². The molecule has 1 aromatic heterocycles. The van der Waals surface area contributed by atoms with E-state index in [4.69, 9.17) is 5.73 Å². The highest BCUT2D eigenvalue weighted by Crippen LogP contribution is 1.90. The Morgan fingerprint density at radius 2 is 2.23 bits per heavy atom. The van der Waals surface area contributed by atoms with Gasteiger partial charge in [-0.25, -0.2) is 9.97 Å². The predicted octanol–water partition coefficient (Wildman–Crippen LogP) is -0.0479. The molecule has 0 atom stereocenters. The summed E-state index contributed by atoms with van der Waals surface area (Å²) >= 11 is 4.55. The lowest BCUT2D eigenvalue weighted by Crippen LogP contribution is -2.24. The first kappa shape index (κ1) is 9.53. The van der Waals surface area contributed by atoms with Gasteiger partial charge in [0.1, 0.15) is 5.82 Å². The van der Waals surface area contributed by atoms with Gasteiger partial charge in [0.05, 0.1) is 6.21 Å². The number of rotatable bonds is 2. The lowest BCUT2D eigenvalue weighted by molar-refractivity contribution is 1.03. The first-order valence-electron chi connectivity index (χ1n) is 3.55. The molecule has 68 valence electrons. The number of thiocarbonyl (C=S) groups is 1. The number of nitrogens with zero attached hydrogens (tertiary/aromatic N) is 3. The summed E-state index contributed by atoms with van der Waals surface area (Å²) in [5.74, 6) is 0.722. The maximum Gasteiger partial charge on any atom is 0.184 e. The monoisotopic (exact) mass is 195 g/mol. The second-order valence-electron chi connectivity index (χ2n) is 2.30. The molecular formula is C7H9N5S. The van der Waals surface area contributed by atoms with E-state index in [1.165, 1.54) is 0 Å². The first-order chi connectivity index (χ1) is 6.18. The number of hydrazone groups is 1. The summed E-state index contributed by atoms with van der Waals surface area (Å²) in [4.78, 5) is 7.97. The molecule has 0 spiro atoms. The Labute approximate surface area is 81.1 Å². The molecule has 5 nitrogen and oxygen atoms in total. The minimum atomic E-state index is 0.129. The number of hydrogen-bond acceptors (Lipinski definition) is 4. The third-order valence-electron chi connectivity index (χ3n) is 1.19. The van der Waals surface area contributed by atoms with Crippen molar-refractivity contribution in [1.82, 2.24) is 15.4 Å². The Balaban J connectivity index is 2.59. The molecule has 6 heteroatoms. The molecule has 0 aromatic carbocycles. The molecule has 0 bridgehead atoms. The maximum atomic E-state index is 5.16. The first-order valence-corrected chi connectivity index (χ1v) is 3.96. The zero-order chi connectivity index (χ0) is 9.68. The zero-order valence-corrected chi connectivity index (χ0v) is 7.88. The van der Waals surface area contributed by atoms with E-state index < -0.39 is 0 Å². The summed E-state index contributed by atoms with van der Waals surface area (Å²) < 4.78 is 0. The fourth-order valence-electron chi connectivity index (χ4n) is 0.640. The Hall–Kier alpha value is -1.56. The van der Waals surface area contributed by atoms with Gasteiger partial charge in [-0.15, -0.1) is 0 Å². The van der Waals surface area contributed by atoms with Crippen LogP contribution in [0.4, 0.5) is 0 Å². The predicted molar refractivity (Wildman–Crippen MR) is 54.3 cm³/mol. The minimum absolute atomic E-state index is 0.129. The van der Waals surface area contributed by atoms with Crippen molar-refractivity contribution in [3.63, 3.8) is 0 Å². The van der Waals surface area contributed by atoms with Crippen molar-refractivity contribution >= 4 is 23.5 Å². The van der Waals surface area contributed by atoms with Crippen LogP contribution in [0.5, 0.6) is 0 Å². The quantitative estimate of drug-likeness (QED) is 0.393. The van der Waals surface area contributed by atoms with Gasteiger partial charge >= 0.3 is 0 Å². The molecule has 0 radical (unpaired) electrons. The van der Waals surface area contributed by atoms with Crippen LogP contribution in [0, 0.1) is 6.92 Å². The summed E-state index contributed by atoms with van der Waals surface area (Å²) in [5, 5.41) is 3.88. The number of nitrogens with one attached hydrogen (secondary N) is 1. The summed E-state index contributed by atoms with van der Waals surface area (Å²) in [6, 6.07) is 0. The van der Waals surface area contributed by atoms with Gasteiger partial charge in [0.25, 0.3) is 0 Å². The highest BCUT2D eigenvalue weighted by atomic mass is 32.1. The minimum Gasteiger partial charge on any atom is -0.375 e. The molecule has 1 heterocycles. The van der Waals surface area contributed by atoms with Gasteiger partial charge in [0.15, 0.2) is 5.11 Å². The SMILES string of the molecule is Cc1ncc(/C=N/NC(N)=S)cn1.